The van der Waals surface area contributed by atoms with Crippen molar-refractivity contribution in [2.75, 3.05) is 5.32 Å². The Kier molecular flexibility index (Phi) is 4.13. The molecule has 2 aromatic heterocycles. The molecule has 0 atom stereocenters. The van der Waals surface area contributed by atoms with E-state index in [-0.39, 0.29) is 5.82 Å². The van der Waals surface area contributed by atoms with Crippen molar-refractivity contribution < 1.29 is 4.39 Å². The zero-order valence-electron chi connectivity index (χ0n) is 12.1. The molecule has 22 heavy (non-hydrogen) atoms. The second kappa shape index (κ2) is 6.06. The molecule has 114 valence electrons. The predicted octanol–water partition coefficient (Wildman–Crippen LogP) is 4.35. The third-order valence-electron chi connectivity index (χ3n) is 3.18. The number of rotatable bonds is 4. The van der Waals surface area contributed by atoms with Gasteiger partial charge in [-0.15, -0.1) is 11.3 Å². The van der Waals surface area contributed by atoms with Crippen molar-refractivity contribution in [2.45, 2.75) is 20.4 Å². The van der Waals surface area contributed by atoms with Crippen LogP contribution in [0.25, 0.3) is 5.69 Å². The van der Waals surface area contributed by atoms with Crippen LogP contribution in [0, 0.1) is 19.7 Å². The summed E-state index contributed by atoms with van der Waals surface area (Å²) in [6, 6.07) is 6.93. The zero-order chi connectivity index (χ0) is 15.7. The summed E-state index contributed by atoms with van der Waals surface area (Å²) in [7, 11) is 0. The first-order valence-corrected chi connectivity index (χ1v) is 7.89. The molecule has 0 saturated heterocycles. The van der Waals surface area contributed by atoms with Gasteiger partial charge in [-0.05, 0) is 38.1 Å². The van der Waals surface area contributed by atoms with E-state index in [1.54, 1.807) is 16.9 Å². The Bertz CT molecular complexity index is 812. The largest absolute Gasteiger partial charge is 0.380 e. The number of halogens is 2. The van der Waals surface area contributed by atoms with E-state index >= 15 is 0 Å². The molecule has 0 aliphatic rings. The first-order chi connectivity index (χ1) is 10.5. The molecule has 1 N–H and O–H groups in total. The molecule has 3 rings (SSSR count). The van der Waals surface area contributed by atoms with Crippen molar-refractivity contribution >= 4 is 28.6 Å². The van der Waals surface area contributed by atoms with Gasteiger partial charge < -0.3 is 5.32 Å². The lowest BCUT2D eigenvalue weighted by atomic mass is 10.2. The summed E-state index contributed by atoms with van der Waals surface area (Å²) in [5.41, 5.74) is 2.90. The standard InChI is InChI=1S/C15H14ClFN4S/c1-9-5-10(2)21(20-9)14-4-3-11(6-13(14)17)18-7-12-8-19-15(16)22-12/h3-6,8,18H,7H2,1-2H3. The fourth-order valence-electron chi connectivity index (χ4n) is 2.22. The second-order valence-electron chi connectivity index (χ2n) is 4.94. The van der Waals surface area contributed by atoms with E-state index in [0.717, 1.165) is 16.3 Å². The molecule has 0 fully saturated rings. The molecule has 0 spiro atoms. The molecular weight excluding hydrogens is 323 g/mol. The van der Waals surface area contributed by atoms with Gasteiger partial charge in [0.1, 0.15) is 5.69 Å². The SMILES string of the molecule is Cc1cc(C)n(-c2ccc(NCc3cnc(Cl)s3)cc2F)n1. The van der Waals surface area contributed by atoms with Crippen molar-refractivity contribution in [3.05, 3.63) is 57.0 Å². The number of hydrogen-bond donors (Lipinski definition) is 1. The minimum absolute atomic E-state index is 0.321. The Labute approximate surface area is 136 Å². The second-order valence-corrected chi connectivity index (χ2v) is 6.64. The molecule has 1 aromatic carbocycles. The lowest BCUT2D eigenvalue weighted by Crippen LogP contribution is -2.04. The van der Waals surface area contributed by atoms with E-state index in [4.69, 9.17) is 11.6 Å². The highest BCUT2D eigenvalue weighted by atomic mass is 35.5. The summed E-state index contributed by atoms with van der Waals surface area (Å²) >= 11 is 7.18. The van der Waals surface area contributed by atoms with Gasteiger partial charge in [0.25, 0.3) is 0 Å². The quantitative estimate of drug-likeness (QED) is 0.770. The molecule has 0 saturated carbocycles. The van der Waals surface area contributed by atoms with E-state index < -0.39 is 0 Å². The molecule has 3 aromatic rings. The van der Waals surface area contributed by atoms with Gasteiger partial charge in [-0.1, -0.05) is 11.6 Å². The number of anilines is 1. The van der Waals surface area contributed by atoms with Crippen molar-refractivity contribution in [2.24, 2.45) is 0 Å². The predicted molar refractivity (Wildman–Crippen MR) is 87.4 cm³/mol. The van der Waals surface area contributed by atoms with E-state index in [1.165, 1.54) is 17.4 Å². The molecule has 0 amide bonds. The Morgan fingerprint density at radius 2 is 2.14 bits per heavy atom. The lowest BCUT2D eigenvalue weighted by molar-refractivity contribution is 0.608. The highest BCUT2D eigenvalue weighted by molar-refractivity contribution is 7.15. The molecule has 0 bridgehead atoms. The zero-order valence-corrected chi connectivity index (χ0v) is 13.7. The average molecular weight is 337 g/mol. The van der Waals surface area contributed by atoms with Gasteiger partial charge in [0.2, 0.25) is 0 Å². The first kappa shape index (κ1) is 15.0. The van der Waals surface area contributed by atoms with Gasteiger partial charge in [0, 0.05) is 22.5 Å². The Morgan fingerprint density at radius 3 is 2.73 bits per heavy atom. The van der Waals surface area contributed by atoms with Gasteiger partial charge in [-0.2, -0.15) is 5.10 Å². The van der Waals surface area contributed by atoms with Crippen LogP contribution in [0.3, 0.4) is 0 Å². The van der Waals surface area contributed by atoms with Crippen LogP contribution in [0.1, 0.15) is 16.3 Å². The van der Waals surface area contributed by atoms with Crippen LogP contribution in [0.5, 0.6) is 0 Å². The number of aryl methyl sites for hydroxylation is 2. The van der Waals surface area contributed by atoms with E-state index in [0.29, 0.717) is 22.4 Å². The number of nitrogens with zero attached hydrogens (tertiary/aromatic N) is 3. The summed E-state index contributed by atoms with van der Waals surface area (Å²) in [6.45, 7) is 4.35. The number of hydrogen-bond acceptors (Lipinski definition) is 4. The van der Waals surface area contributed by atoms with Gasteiger partial charge in [-0.25, -0.2) is 14.1 Å². The lowest BCUT2D eigenvalue weighted by Gasteiger charge is -2.09. The van der Waals surface area contributed by atoms with Crippen LogP contribution in [-0.4, -0.2) is 14.8 Å². The Morgan fingerprint density at radius 1 is 1.32 bits per heavy atom. The summed E-state index contributed by atoms with van der Waals surface area (Å²) in [5, 5.41) is 7.46. The number of aromatic nitrogens is 3. The smallest absolute Gasteiger partial charge is 0.183 e. The van der Waals surface area contributed by atoms with Crippen molar-refractivity contribution in [1.82, 2.24) is 14.8 Å². The fourth-order valence-corrected chi connectivity index (χ4v) is 3.13. The van der Waals surface area contributed by atoms with Gasteiger partial charge in [0.05, 0.1) is 12.2 Å². The van der Waals surface area contributed by atoms with Gasteiger partial charge in [0.15, 0.2) is 10.3 Å². The van der Waals surface area contributed by atoms with Crippen LogP contribution >= 0.6 is 22.9 Å². The van der Waals surface area contributed by atoms with Crippen LogP contribution in [0.15, 0.2) is 30.5 Å². The number of benzene rings is 1. The third-order valence-corrected chi connectivity index (χ3v) is 4.29. The van der Waals surface area contributed by atoms with Crippen LogP contribution in [-0.2, 0) is 6.54 Å². The van der Waals surface area contributed by atoms with E-state index in [9.17, 15) is 4.39 Å². The summed E-state index contributed by atoms with van der Waals surface area (Å²) < 4.78 is 16.4. The Balaban J connectivity index is 1.78. The molecule has 0 aliphatic heterocycles. The molecule has 0 unspecified atom stereocenters. The molecule has 4 nitrogen and oxygen atoms in total. The normalized spacial score (nSPS) is 10.9. The fraction of sp³-hybridized carbons (Fsp3) is 0.200. The van der Waals surface area contributed by atoms with Crippen molar-refractivity contribution in [3.63, 3.8) is 0 Å². The molecule has 0 radical (unpaired) electrons. The maximum Gasteiger partial charge on any atom is 0.183 e. The van der Waals surface area contributed by atoms with E-state index in [1.807, 2.05) is 26.0 Å². The first-order valence-electron chi connectivity index (χ1n) is 6.70. The molecular formula is C15H14ClFN4S. The topological polar surface area (TPSA) is 42.7 Å². The average Bonchev–Trinajstić information content (AvgIpc) is 3.02. The van der Waals surface area contributed by atoms with Gasteiger partial charge >= 0.3 is 0 Å². The number of nitrogens with one attached hydrogen (secondary N) is 1. The summed E-state index contributed by atoms with van der Waals surface area (Å²) in [4.78, 5) is 4.96. The third kappa shape index (κ3) is 3.13. The highest BCUT2D eigenvalue weighted by Gasteiger charge is 2.10. The van der Waals surface area contributed by atoms with Crippen molar-refractivity contribution in [1.29, 1.82) is 0 Å². The number of thiazole rings is 1. The maximum absolute atomic E-state index is 14.3. The highest BCUT2D eigenvalue weighted by Crippen LogP contribution is 2.22. The van der Waals surface area contributed by atoms with Crippen LogP contribution in [0.2, 0.25) is 4.47 Å². The van der Waals surface area contributed by atoms with Gasteiger partial charge in [-0.3, -0.25) is 0 Å². The minimum atomic E-state index is -0.321. The molecule has 2 heterocycles. The van der Waals surface area contributed by atoms with Crippen LogP contribution in [0.4, 0.5) is 10.1 Å². The monoisotopic (exact) mass is 336 g/mol. The summed E-state index contributed by atoms with van der Waals surface area (Å²) in [6.07, 6.45) is 1.71. The maximum atomic E-state index is 14.3. The van der Waals surface area contributed by atoms with E-state index in [2.05, 4.69) is 15.4 Å². The van der Waals surface area contributed by atoms with Crippen molar-refractivity contribution in [3.8, 4) is 5.69 Å². The van der Waals surface area contributed by atoms with Crippen LogP contribution < -0.4 is 5.32 Å². The minimum Gasteiger partial charge on any atom is -0.380 e. The molecule has 7 heteroatoms. The Hall–Kier alpha value is -1.92. The molecule has 0 aliphatic carbocycles. The summed E-state index contributed by atoms with van der Waals surface area (Å²) in [5.74, 6) is -0.321.